The largest absolute Gasteiger partial charge is 0.382 e. The van der Waals surface area contributed by atoms with E-state index in [1.807, 2.05) is 0 Å². The lowest BCUT2D eigenvalue weighted by Gasteiger charge is -1.98. The Bertz CT molecular complexity index is 202. The molecule has 0 saturated heterocycles. The van der Waals surface area contributed by atoms with Crippen LogP contribution in [0, 0.1) is 0 Å². The Morgan fingerprint density at radius 2 is 2.44 bits per heavy atom. The van der Waals surface area contributed by atoms with E-state index in [1.165, 1.54) is 6.33 Å². The number of H-pyrrole nitrogens is 1. The zero-order valence-corrected chi connectivity index (χ0v) is 4.83. The maximum absolute atomic E-state index is 9.36. The number of aromatic nitrogens is 3. The summed E-state index contributed by atoms with van der Waals surface area (Å²) in [5, 5.41) is 15.6. The first-order valence-corrected chi connectivity index (χ1v) is 2.89. The van der Waals surface area contributed by atoms with Crippen LogP contribution in [0.3, 0.4) is 0 Å². The standard InChI is InChI=1S/C5H7N3O/c9-5(1-2-5)4-6-3-7-8-4/h3,9H,1-2H2,(H,6,7,8). The molecule has 2 rings (SSSR count). The topological polar surface area (TPSA) is 61.8 Å². The number of hydrogen-bond donors (Lipinski definition) is 2. The molecule has 1 aromatic rings. The fourth-order valence-electron chi connectivity index (χ4n) is 0.785. The summed E-state index contributed by atoms with van der Waals surface area (Å²) in [5.74, 6) is 0.600. The fraction of sp³-hybridized carbons (Fsp3) is 0.600. The molecule has 1 fully saturated rings. The normalized spacial score (nSPS) is 21.9. The summed E-state index contributed by atoms with van der Waals surface area (Å²) < 4.78 is 0. The van der Waals surface area contributed by atoms with Crippen LogP contribution in [0.5, 0.6) is 0 Å². The van der Waals surface area contributed by atoms with E-state index in [4.69, 9.17) is 0 Å². The summed E-state index contributed by atoms with van der Waals surface area (Å²) in [6.07, 6.45) is 3.02. The van der Waals surface area contributed by atoms with Crippen molar-refractivity contribution in [3.8, 4) is 0 Å². The summed E-state index contributed by atoms with van der Waals surface area (Å²) in [6, 6.07) is 0. The second-order valence-corrected chi connectivity index (χ2v) is 2.37. The Kier molecular flexibility index (Phi) is 0.728. The zero-order valence-electron chi connectivity index (χ0n) is 4.83. The van der Waals surface area contributed by atoms with Crippen LogP contribution in [0.1, 0.15) is 18.7 Å². The molecular formula is C5H7N3O. The Hall–Kier alpha value is -0.900. The first-order chi connectivity index (χ1) is 4.31. The Morgan fingerprint density at radius 1 is 1.67 bits per heavy atom. The van der Waals surface area contributed by atoms with Crippen LogP contribution >= 0.6 is 0 Å². The van der Waals surface area contributed by atoms with Crippen molar-refractivity contribution in [1.29, 1.82) is 0 Å². The van der Waals surface area contributed by atoms with E-state index in [2.05, 4.69) is 15.2 Å². The number of aromatic amines is 1. The van der Waals surface area contributed by atoms with Crippen LogP contribution in [-0.2, 0) is 5.60 Å². The van der Waals surface area contributed by atoms with Crippen molar-refractivity contribution in [2.24, 2.45) is 0 Å². The quantitative estimate of drug-likeness (QED) is 0.545. The molecule has 0 bridgehead atoms. The van der Waals surface area contributed by atoms with Crippen LogP contribution in [0.4, 0.5) is 0 Å². The Balaban J connectivity index is 2.34. The fourth-order valence-corrected chi connectivity index (χ4v) is 0.785. The smallest absolute Gasteiger partial charge is 0.156 e. The van der Waals surface area contributed by atoms with Gasteiger partial charge >= 0.3 is 0 Å². The molecule has 9 heavy (non-hydrogen) atoms. The number of rotatable bonds is 1. The van der Waals surface area contributed by atoms with Gasteiger partial charge in [0.05, 0.1) is 0 Å². The monoisotopic (exact) mass is 125 g/mol. The van der Waals surface area contributed by atoms with E-state index < -0.39 is 5.60 Å². The minimum atomic E-state index is -0.656. The molecule has 1 saturated carbocycles. The van der Waals surface area contributed by atoms with Crippen LogP contribution in [0.25, 0.3) is 0 Å². The lowest BCUT2D eigenvalue weighted by Crippen LogP contribution is -2.06. The second-order valence-electron chi connectivity index (χ2n) is 2.37. The van der Waals surface area contributed by atoms with Gasteiger partial charge in [-0.2, -0.15) is 5.10 Å². The van der Waals surface area contributed by atoms with Crippen LogP contribution in [0.15, 0.2) is 6.33 Å². The third kappa shape index (κ3) is 0.632. The highest BCUT2D eigenvalue weighted by molar-refractivity contribution is 5.08. The van der Waals surface area contributed by atoms with Crippen molar-refractivity contribution in [3.63, 3.8) is 0 Å². The molecule has 0 unspecified atom stereocenters. The maximum Gasteiger partial charge on any atom is 0.156 e. The van der Waals surface area contributed by atoms with Gasteiger partial charge in [-0.25, -0.2) is 4.98 Å². The van der Waals surface area contributed by atoms with Gasteiger partial charge in [-0.1, -0.05) is 0 Å². The lowest BCUT2D eigenvalue weighted by atomic mass is 10.3. The first-order valence-electron chi connectivity index (χ1n) is 2.89. The highest BCUT2D eigenvalue weighted by Crippen LogP contribution is 2.42. The minimum Gasteiger partial charge on any atom is -0.382 e. The number of nitrogens with one attached hydrogen (secondary N) is 1. The molecule has 1 aliphatic carbocycles. The van der Waals surface area contributed by atoms with Gasteiger partial charge in [-0.05, 0) is 12.8 Å². The van der Waals surface area contributed by atoms with Crippen molar-refractivity contribution in [1.82, 2.24) is 15.2 Å². The van der Waals surface area contributed by atoms with E-state index >= 15 is 0 Å². The first kappa shape index (κ1) is 4.93. The Morgan fingerprint density at radius 3 is 2.89 bits per heavy atom. The number of hydrogen-bond acceptors (Lipinski definition) is 3. The molecule has 0 amide bonds. The summed E-state index contributed by atoms with van der Waals surface area (Å²) >= 11 is 0. The molecule has 0 spiro atoms. The van der Waals surface area contributed by atoms with Crippen LogP contribution < -0.4 is 0 Å². The highest BCUT2D eigenvalue weighted by atomic mass is 16.3. The summed E-state index contributed by atoms with van der Waals surface area (Å²) in [4.78, 5) is 3.83. The van der Waals surface area contributed by atoms with Crippen molar-refractivity contribution in [2.45, 2.75) is 18.4 Å². The van der Waals surface area contributed by atoms with Gasteiger partial charge in [0.2, 0.25) is 0 Å². The van der Waals surface area contributed by atoms with Gasteiger partial charge in [-0.3, -0.25) is 5.10 Å². The van der Waals surface area contributed by atoms with Gasteiger partial charge in [0, 0.05) is 0 Å². The van der Waals surface area contributed by atoms with Crippen molar-refractivity contribution in [2.75, 3.05) is 0 Å². The molecule has 0 radical (unpaired) electrons. The molecule has 48 valence electrons. The third-order valence-corrected chi connectivity index (χ3v) is 1.58. The summed E-state index contributed by atoms with van der Waals surface area (Å²) in [7, 11) is 0. The Labute approximate surface area is 51.9 Å². The number of nitrogens with zero attached hydrogens (tertiary/aromatic N) is 2. The summed E-state index contributed by atoms with van der Waals surface area (Å²) in [5.41, 5.74) is -0.656. The van der Waals surface area contributed by atoms with Gasteiger partial charge < -0.3 is 5.11 Å². The predicted molar refractivity (Wildman–Crippen MR) is 29.5 cm³/mol. The summed E-state index contributed by atoms with van der Waals surface area (Å²) in [6.45, 7) is 0. The van der Waals surface area contributed by atoms with Crippen molar-refractivity contribution in [3.05, 3.63) is 12.2 Å². The molecule has 2 N–H and O–H groups in total. The third-order valence-electron chi connectivity index (χ3n) is 1.58. The van der Waals surface area contributed by atoms with Crippen molar-refractivity contribution < 1.29 is 5.11 Å². The molecule has 0 aliphatic heterocycles. The average molecular weight is 125 g/mol. The van der Waals surface area contributed by atoms with Gasteiger partial charge in [0.15, 0.2) is 5.82 Å². The molecule has 0 aromatic carbocycles. The molecule has 1 aliphatic rings. The minimum absolute atomic E-state index is 0.600. The number of aliphatic hydroxyl groups is 1. The van der Waals surface area contributed by atoms with Gasteiger partial charge in [-0.15, -0.1) is 0 Å². The van der Waals surface area contributed by atoms with Crippen molar-refractivity contribution >= 4 is 0 Å². The van der Waals surface area contributed by atoms with E-state index in [9.17, 15) is 5.11 Å². The van der Waals surface area contributed by atoms with E-state index in [-0.39, 0.29) is 0 Å². The molecule has 4 nitrogen and oxygen atoms in total. The van der Waals surface area contributed by atoms with E-state index in [0.29, 0.717) is 5.82 Å². The maximum atomic E-state index is 9.36. The average Bonchev–Trinajstić information content (AvgIpc) is 2.46. The van der Waals surface area contributed by atoms with E-state index in [1.54, 1.807) is 0 Å². The molecule has 1 heterocycles. The molecule has 4 heteroatoms. The molecular weight excluding hydrogens is 118 g/mol. The highest BCUT2D eigenvalue weighted by Gasteiger charge is 2.44. The van der Waals surface area contributed by atoms with Crippen LogP contribution in [0.2, 0.25) is 0 Å². The SMILES string of the molecule is OC1(c2ncn[nH]2)CC1. The molecule has 0 atom stereocenters. The lowest BCUT2D eigenvalue weighted by molar-refractivity contribution is 0.141. The van der Waals surface area contributed by atoms with Gasteiger partial charge in [0.1, 0.15) is 11.9 Å². The molecule has 1 aromatic heterocycles. The second kappa shape index (κ2) is 1.33. The zero-order chi connectivity index (χ0) is 6.32. The van der Waals surface area contributed by atoms with Gasteiger partial charge in [0.25, 0.3) is 0 Å². The van der Waals surface area contributed by atoms with Crippen LogP contribution in [-0.4, -0.2) is 20.3 Å². The van der Waals surface area contributed by atoms with E-state index in [0.717, 1.165) is 12.8 Å². The predicted octanol–water partition coefficient (Wildman–Crippen LogP) is -0.214.